The van der Waals surface area contributed by atoms with Crippen molar-refractivity contribution in [1.82, 2.24) is 4.90 Å². The highest BCUT2D eigenvalue weighted by atomic mass is 16.2. The van der Waals surface area contributed by atoms with Crippen LogP contribution in [0.5, 0.6) is 0 Å². The van der Waals surface area contributed by atoms with Crippen molar-refractivity contribution in [3.63, 3.8) is 0 Å². The van der Waals surface area contributed by atoms with Crippen LogP contribution in [0, 0.1) is 17.2 Å². The molecule has 2 unspecified atom stereocenters. The van der Waals surface area contributed by atoms with Crippen LogP contribution in [0.4, 0.5) is 0 Å². The van der Waals surface area contributed by atoms with Crippen molar-refractivity contribution in [2.75, 3.05) is 6.54 Å². The van der Waals surface area contributed by atoms with Gasteiger partial charge in [0.15, 0.2) is 0 Å². The summed E-state index contributed by atoms with van der Waals surface area (Å²) in [7, 11) is 0. The Morgan fingerprint density at radius 2 is 1.73 bits per heavy atom. The second-order valence-corrected chi connectivity index (χ2v) is 6.37. The summed E-state index contributed by atoms with van der Waals surface area (Å²) in [6.07, 6.45) is 0.595. The quantitative estimate of drug-likeness (QED) is 0.615. The number of likely N-dealkylation sites (tertiary alicyclic amines) is 1. The topological polar surface area (TPSA) is 78.2 Å². The number of rotatable bonds is 5. The van der Waals surface area contributed by atoms with E-state index in [0.29, 0.717) is 24.1 Å². The fourth-order valence-corrected chi connectivity index (χ4v) is 3.39. The molecule has 5 heteroatoms. The van der Waals surface area contributed by atoms with Crippen molar-refractivity contribution in [3.8, 4) is 6.07 Å². The molecule has 1 amide bonds. The van der Waals surface area contributed by atoms with Gasteiger partial charge in [0.05, 0.1) is 17.7 Å². The maximum Gasteiger partial charge on any atom is 0.291 e. The molecule has 1 aliphatic heterocycles. The molecule has 0 N–H and O–H groups in total. The number of hydrogen-bond acceptors (Lipinski definition) is 4. The lowest BCUT2D eigenvalue weighted by Gasteiger charge is -2.27. The van der Waals surface area contributed by atoms with Crippen LogP contribution in [-0.2, 0) is 20.8 Å². The second-order valence-electron chi connectivity index (χ2n) is 6.37. The molecule has 0 spiro atoms. The van der Waals surface area contributed by atoms with Gasteiger partial charge >= 0.3 is 0 Å². The van der Waals surface area contributed by atoms with E-state index in [4.69, 9.17) is 5.26 Å². The van der Waals surface area contributed by atoms with Crippen LogP contribution in [0.25, 0.3) is 0 Å². The molecule has 0 radical (unpaired) electrons. The highest BCUT2D eigenvalue weighted by Crippen LogP contribution is 2.36. The Labute approximate surface area is 151 Å². The van der Waals surface area contributed by atoms with Crippen molar-refractivity contribution in [1.29, 1.82) is 5.26 Å². The van der Waals surface area contributed by atoms with E-state index in [1.807, 2.05) is 36.4 Å². The smallest absolute Gasteiger partial charge is 0.291 e. The Morgan fingerprint density at radius 1 is 1.08 bits per heavy atom. The van der Waals surface area contributed by atoms with Gasteiger partial charge in [0.2, 0.25) is 5.78 Å². The molecule has 2 aromatic carbocycles. The molecule has 1 fully saturated rings. The number of hydrogen-bond donors (Lipinski definition) is 0. The zero-order chi connectivity index (χ0) is 18.7. The minimum Gasteiger partial charge on any atom is -0.328 e. The molecule has 0 aliphatic carbocycles. The van der Waals surface area contributed by atoms with Gasteiger partial charge in [-0.15, -0.1) is 0 Å². The van der Waals surface area contributed by atoms with Crippen LogP contribution >= 0.6 is 0 Å². The van der Waals surface area contributed by atoms with E-state index < -0.39 is 23.7 Å². The average molecular weight is 346 g/mol. The Hall–Kier alpha value is -3.26. The number of nitriles is 1. The number of amides is 1. The molecule has 5 nitrogen and oxygen atoms in total. The van der Waals surface area contributed by atoms with Crippen LogP contribution in [0.1, 0.15) is 29.7 Å². The number of benzene rings is 2. The fraction of sp³-hybridized carbons (Fsp3) is 0.238. The predicted octanol–water partition coefficient (Wildman–Crippen LogP) is 2.46. The number of Topliss-reactive ketones (excluding diaryl/α,β-unsaturated/α-hetero) is 2. The van der Waals surface area contributed by atoms with E-state index in [9.17, 15) is 14.4 Å². The van der Waals surface area contributed by atoms with Gasteiger partial charge in [-0.05, 0) is 36.6 Å². The summed E-state index contributed by atoms with van der Waals surface area (Å²) < 4.78 is 0. The molecule has 0 aromatic heterocycles. The summed E-state index contributed by atoms with van der Waals surface area (Å²) in [5.41, 5.74) is 2.23. The van der Waals surface area contributed by atoms with Crippen LogP contribution < -0.4 is 0 Å². The first-order chi connectivity index (χ1) is 12.5. The van der Waals surface area contributed by atoms with Crippen LogP contribution in [-0.4, -0.2) is 28.9 Å². The van der Waals surface area contributed by atoms with Crippen molar-refractivity contribution in [2.24, 2.45) is 5.92 Å². The van der Waals surface area contributed by atoms with Crippen LogP contribution in [0.15, 0.2) is 54.6 Å². The summed E-state index contributed by atoms with van der Waals surface area (Å²) in [6, 6.07) is 17.8. The number of nitrogens with zero attached hydrogens (tertiary/aromatic N) is 2. The van der Waals surface area contributed by atoms with E-state index in [0.717, 1.165) is 5.56 Å². The number of carbonyl (C=O) groups excluding carboxylic acids is 3. The predicted molar refractivity (Wildman–Crippen MR) is 94.9 cm³/mol. The van der Waals surface area contributed by atoms with Gasteiger partial charge in [-0.1, -0.05) is 42.5 Å². The van der Waals surface area contributed by atoms with E-state index in [2.05, 4.69) is 0 Å². The standard InChI is InChI=1S/C21H18N2O3/c1-14(24)18-19(17-9-7-16(13-22)8-10-17)23(21(26)20(18)25)12-11-15-5-3-2-4-6-15/h2-10,18-19H,11-12H2,1H3. The van der Waals surface area contributed by atoms with Gasteiger partial charge in [-0.3, -0.25) is 14.4 Å². The third kappa shape index (κ3) is 3.27. The molecule has 0 bridgehead atoms. The van der Waals surface area contributed by atoms with E-state index in [1.165, 1.54) is 11.8 Å². The maximum absolute atomic E-state index is 12.5. The normalized spacial score (nSPS) is 19.5. The first kappa shape index (κ1) is 17.6. The fourth-order valence-electron chi connectivity index (χ4n) is 3.39. The van der Waals surface area contributed by atoms with Gasteiger partial charge in [-0.25, -0.2) is 0 Å². The Bertz CT molecular complexity index is 882. The average Bonchev–Trinajstić information content (AvgIpc) is 2.92. The van der Waals surface area contributed by atoms with E-state index in [1.54, 1.807) is 24.3 Å². The largest absolute Gasteiger partial charge is 0.328 e. The number of ketones is 2. The molecule has 0 saturated carbocycles. The summed E-state index contributed by atoms with van der Waals surface area (Å²) in [5.74, 6) is -2.58. The monoisotopic (exact) mass is 346 g/mol. The first-order valence-electron chi connectivity index (χ1n) is 8.42. The van der Waals surface area contributed by atoms with Gasteiger partial charge in [0.1, 0.15) is 11.7 Å². The van der Waals surface area contributed by atoms with Crippen molar-refractivity contribution >= 4 is 17.5 Å². The molecule has 1 heterocycles. The Morgan fingerprint density at radius 3 is 2.31 bits per heavy atom. The minimum atomic E-state index is -0.994. The number of carbonyl (C=O) groups is 3. The highest BCUT2D eigenvalue weighted by molar-refractivity contribution is 6.42. The Kier molecular flexibility index (Phi) is 4.94. The SMILES string of the molecule is CC(=O)C1C(=O)C(=O)N(CCc2ccccc2)C1c1ccc(C#N)cc1. The molecule has 1 aliphatic rings. The minimum absolute atomic E-state index is 0.320. The van der Waals surface area contributed by atoms with Crippen molar-refractivity contribution in [2.45, 2.75) is 19.4 Å². The lowest BCUT2D eigenvalue weighted by atomic mass is 9.89. The zero-order valence-corrected chi connectivity index (χ0v) is 14.4. The summed E-state index contributed by atoms with van der Waals surface area (Å²) in [6.45, 7) is 1.69. The van der Waals surface area contributed by atoms with Crippen LogP contribution in [0.2, 0.25) is 0 Å². The van der Waals surface area contributed by atoms with Gasteiger partial charge in [0.25, 0.3) is 5.91 Å². The van der Waals surface area contributed by atoms with E-state index in [-0.39, 0.29) is 5.78 Å². The van der Waals surface area contributed by atoms with Crippen molar-refractivity contribution in [3.05, 3.63) is 71.3 Å². The second kappa shape index (κ2) is 7.32. The molecule has 2 atom stereocenters. The molecule has 1 saturated heterocycles. The van der Waals surface area contributed by atoms with Gasteiger partial charge in [-0.2, -0.15) is 5.26 Å². The van der Waals surface area contributed by atoms with Gasteiger partial charge in [0, 0.05) is 6.54 Å². The molecule has 26 heavy (non-hydrogen) atoms. The molecular formula is C21H18N2O3. The first-order valence-corrected chi connectivity index (χ1v) is 8.42. The summed E-state index contributed by atoms with van der Waals surface area (Å²) in [4.78, 5) is 38.5. The molecule has 2 aromatic rings. The summed E-state index contributed by atoms with van der Waals surface area (Å²) in [5, 5.41) is 8.96. The van der Waals surface area contributed by atoms with Gasteiger partial charge < -0.3 is 4.90 Å². The zero-order valence-electron chi connectivity index (χ0n) is 14.4. The van der Waals surface area contributed by atoms with E-state index >= 15 is 0 Å². The third-order valence-corrected chi connectivity index (χ3v) is 4.71. The lowest BCUT2D eigenvalue weighted by Crippen LogP contribution is -2.32. The molecule has 3 rings (SSSR count). The lowest BCUT2D eigenvalue weighted by molar-refractivity contribution is -0.142. The van der Waals surface area contributed by atoms with Crippen LogP contribution in [0.3, 0.4) is 0 Å². The van der Waals surface area contributed by atoms with Crippen molar-refractivity contribution < 1.29 is 14.4 Å². The third-order valence-electron chi connectivity index (χ3n) is 4.71. The highest BCUT2D eigenvalue weighted by Gasteiger charge is 2.49. The summed E-state index contributed by atoms with van der Waals surface area (Å²) >= 11 is 0. The molecule has 130 valence electrons. The molecular weight excluding hydrogens is 328 g/mol. The Balaban J connectivity index is 1.93. The maximum atomic E-state index is 12.5.